The maximum absolute atomic E-state index is 5.82. The normalized spacial score (nSPS) is 15.2. The summed E-state index contributed by atoms with van der Waals surface area (Å²) < 4.78 is 1.84. The Morgan fingerprint density at radius 3 is 2.59 bits per heavy atom. The molecule has 5 heteroatoms. The molecule has 0 spiro atoms. The molecule has 17 heavy (non-hydrogen) atoms. The van der Waals surface area contributed by atoms with E-state index in [0.717, 1.165) is 22.9 Å². The van der Waals surface area contributed by atoms with Crippen LogP contribution in [0.3, 0.4) is 0 Å². The molecule has 1 aliphatic carbocycles. The number of hydrogen-bond donors (Lipinski definition) is 1. The number of nitrogen functional groups attached to an aromatic ring is 1. The van der Waals surface area contributed by atoms with Gasteiger partial charge in [0.15, 0.2) is 0 Å². The van der Waals surface area contributed by atoms with Crippen LogP contribution in [0.5, 0.6) is 0 Å². The van der Waals surface area contributed by atoms with E-state index >= 15 is 0 Å². The summed E-state index contributed by atoms with van der Waals surface area (Å²) in [7, 11) is 1.92. The summed E-state index contributed by atoms with van der Waals surface area (Å²) in [5.41, 5.74) is 8.61. The van der Waals surface area contributed by atoms with Crippen LogP contribution < -0.4 is 5.73 Å². The molecule has 1 fully saturated rings. The summed E-state index contributed by atoms with van der Waals surface area (Å²) in [6.45, 7) is 2.02. The minimum Gasteiger partial charge on any atom is -0.384 e. The van der Waals surface area contributed by atoms with Crippen LogP contribution in [0.1, 0.15) is 30.3 Å². The second kappa shape index (κ2) is 3.55. The van der Waals surface area contributed by atoms with Crippen molar-refractivity contribution in [2.75, 3.05) is 5.73 Å². The van der Waals surface area contributed by atoms with Gasteiger partial charge >= 0.3 is 0 Å². The minimum absolute atomic E-state index is 0.502. The third-order valence-electron chi connectivity index (χ3n) is 3.08. The minimum atomic E-state index is 0.502. The van der Waals surface area contributed by atoms with Crippen molar-refractivity contribution in [2.24, 2.45) is 7.05 Å². The maximum atomic E-state index is 5.82. The molecule has 2 heterocycles. The van der Waals surface area contributed by atoms with Gasteiger partial charge in [-0.2, -0.15) is 5.10 Å². The van der Waals surface area contributed by atoms with Gasteiger partial charge in [0.05, 0.1) is 5.69 Å². The van der Waals surface area contributed by atoms with Crippen LogP contribution in [0.4, 0.5) is 5.82 Å². The van der Waals surface area contributed by atoms with Crippen molar-refractivity contribution >= 4 is 5.82 Å². The van der Waals surface area contributed by atoms with Gasteiger partial charge in [0, 0.05) is 24.7 Å². The molecule has 0 unspecified atom stereocenters. The molecule has 0 bridgehead atoms. The topological polar surface area (TPSA) is 69.6 Å². The zero-order chi connectivity index (χ0) is 12.0. The van der Waals surface area contributed by atoms with Gasteiger partial charge in [0.25, 0.3) is 0 Å². The van der Waals surface area contributed by atoms with Crippen LogP contribution in [-0.4, -0.2) is 19.7 Å². The molecular weight excluding hydrogens is 214 g/mol. The van der Waals surface area contributed by atoms with E-state index in [0.29, 0.717) is 11.7 Å². The van der Waals surface area contributed by atoms with Crippen molar-refractivity contribution in [3.05, 3.63) is 23.7 Å². The molecule has 1 aliphatic rings. The zero-order valence-corrected chi connectivity index (χ0v) is 10.0. The second-order valence-electron chi connectivity index (χ2n) is 4.61. The quantitative estimate of drug-likeness (QED) is 0.850. The zero-order valence-electron chi connectivity index (χ0n) is 10.0. The van der Waals surface area contributed by atoms with Gasteiger partial charge < -0.3 is 5.73 Å². The summed E-state index contributed by atoms with van der Waals surface area (Å²) in [6.07, 6.45) is 2.34. The highest BCUT2D eigenvalue weighted by molar-refractivity contribution is 5.58. The summed E-state index contributed by atoms with van der Waals surface area (Å²) >= 11 is 0. The summed E-state index contributed by atoms with van der Waals surface area (Å²) in [6, 6.07) is 3.80. The van der Waals surface area contributed by atoms with E-state index in [1.807, 2.05) is 24.7 Å². The average molecular weight is 229 g/mol. The first-order valence-corrected chi connectivity index (χ1v) is 5.79. The van der Waals surface area contributed by atoms with Crippen LogP contribution in [0.15, 0.2) is 12.1 Å². The summed E-state index contributed by atoms with van der Waals surface area (Å²) in [5, 5.41) is 4.41. The van der Waals surface area contributed by atoms with Crippen LogP contribution in [0, 0.1) is 6.92 Å². The van der Waals surface area contributed by atoms with E-state index in [2.05, 4.69) is 15.1 Å². The fourth-order valence-electron chi connectivity index (χ4n) is 1.83. The fraction of sp³-hybridized carbons (Fsp3) is 0.417. The number of aromatic nitrogens is 4. The molecule has 88 valence electrons. The molecule has 0 saturated heterocycles. The highest BCUT2D eigenvalue weighted by atomic mass is 15.3. The molecule has 0 aliphatic heterocycles. The van der Waals surface area contributed by atoms with E-state index in [1.54, 1.807) is 6.07 Å². The van der Waals surface area contributed by atoms with Gasteiger partial charge in [0.1, 0.15) is 17.3 Å². The molecule has 0 radical (unpaired) electrons. The monoisotopic (exact) mass is 229 g/mol. The standard InChI is InChI=1S/C12H15N5/c1-7-5-10(16-17(7)2)9-6-11(13)15-12(14-9)8-3-4-8/h5-6,8H,3-4H2,1-2H3,(H2,13,14,15). The number of aryl methyl sites for hydroxylation is 2. The predicted molar refractivity (Wildman–Crippen MR) is 65.4 cm³/mol. The van der Waals surface area contributed by atoms with Crippen LogP contribution in [0.25, 0.3) is 11.4 Å². The van der Waals surface area contributed by atoms with E-state index in [4.69, 9.17) is 5.73 Å². The van der Waals surface area contributed by atoms with Gasteiger partial charge in [-0.1, -0.05) is 0 Å². The van der Waals surface area contributed by atoms with Gasteiger partial charge in [0.2, 0.25) is 0 Å². The Labute approximate surface area is 99.7 Å². The number of hydrogen-bond acceptors (Lipinski definition) is 4. The van der Waals surface area contributed by atoms with Gasteiger partial charge in [-0.15, -0.1) is 0 Å². The Morgan fingerprint density at radius 2 is 2.00 bits per heavy atom. The molecular formula is C12H15N5. The lowest BCUT2D eigenvalue weighted by Gasteiger charge is -2.02. The van der Waals surface area contributed by atoms with Crippen molar-refractivity contribution in [3.8, 4) is 11.4 Å². The Kier molecular flexibility index (Phi) is 2.14. The largest absolute Gasteiger partial charge is 0.384 e. The number of anilines is 1. The van der Waals surface area contributed by atoms with Crippen molar-refractivity contribution in [2.45, 2.75) is 25.7 Å². The van der Waals surface area contributed by atoms with E-state index in [-0.39, 0.29) is 0 Å². The fourth-order valence-corrected chi connectivity index (χ4v) is 1.83. The second-order valence-corrected chi connectivity index (χ2v) is 4.61. The first kappa shape index (κ1) is 10.3. The van der Waals surface area contributed by atoms with Gasteiger partial charge in [-0.25, -0.2) is 9.97 Å². The summed E-state index contributed by atoms with van der Waals surface area (Å²) in [5.74, 6) is 1.89. The number of nitrogens with two attached hydrogens (primary N) is 1. The van der Waals surface area contributed by atoms with Crippen molar-refractivity contribution in [1.82, 2.24) is 19.7 Å². The molecule has 2 aromatic rings. The Morgan fingerprint density at radius 1 is 1.24 bits per heavy atom. The number of nitrogens with zero attached hydrogens (tertiary/aromatic N) is 4. The molecule has 2 aromatic heterocycles. The average Bonchev–Trinajstić information content (AvgIpc) is 3.06. The smallest absolute Gasteiger partial charge is 0.134 e. The Balaban J connectivity index is 2.07. The molecule has 0 aromatic carbocycles. The molecule has 3 rings (SSSR count). The lowest BCUT2D eigenvalue weighted by molar-refractivity contribution is 0.741. The lowest BCUT2D eigenvalue weighted by atomic mass is 10.2. The SMILES string of the molecule is Cc1cc(-c2cc(N)nc(C3CC3)n2)nn1C. The van der Waals surface area contributed by atoms with Crippen LogP contribution in [0.2, 0.25) is 0 Å². The van der Waals surface area contributed by atoms with Gasteiger partial charge in [-0.3, -0.25) is 4.68 Å². The van der Waals surface area contributed by atoms with E-state index in [9.17, 15) is 0 Å². The highest BCUT2D eigenvalue weighted by Crippen LogP contribution is 2.38. The predicted octanol–water partition coefficient (Wildman–Crippen LogP) is 1.65. The molecule has 0 amide bonds. The molecule has 5 nitrogen and oxygen atoms in total. The third-order valence-corrected chi connectivity index (χ3v) is 3.08. The maximum Gasteiger partial charge on any atom is 0.134 e. The van der Waals surface area contributed by atoms with Crippen LogP contribution >= 0.6 is 0 Å². The molecule has 2 N–H and O–H groups in total. The van der Waals surface area contributed by atoms with Crippen LogP contribution in [-0.2, 0) is 7.05 Å². The number of rotatable bonds is 2. The first-order chi connectivity index (χ1) is 8.13. The highest BCUT2D eigenvalue weighted by Gasteiger charge is 2.27. The van der Waals surface area contributed by atoms with Gasteiger partial charge in [-0.05, 0) is 25.8 Å². The third kappa shape index (κ3) is 1.88. The first-order valence-electron chi connectivity index (χ1n) is 5.79. The summed E-state index contributed by atoms with van der Waals surface area (Å²) in [4.78, 5) is 8.84. The Bertz CT molecular complexity index is 549. The molecule has 0 atom stereocenters. The molecule has 1 saturated carbocycles. The lowest BCUT2D eigenvalue weighted by Crippen LogP contribution is -2.00. The van der Waals surface area contributed by atoms with Crippen molar-refractivity contribution in [1.29, 1.82) is 0 Å². The van der Waals surface area contributed by atoms with Crippen molar-refractivity contribution < 1.29 is 0 Å². The van der Waals surface area contributed by atoms with Crippen molar-refractivity contribution in [3.63, 3.8) is 0 Å². The van der Waals surface area contributed by atoms with E-state index in [1.165, 1.54) is 12.8 Å². The van der Waals surface area contributed by atoms with E-state index < -0.39 is 0 Å². The Hall–Kier alpha value is -1.91.